The topological polar surface area (TPSA) is 211 Å². The molecule has 0 bridgehead atoms. The lowest BCUT2D eigenvalue weighted by atomic mass is 10.00. The summed E-state index contributed by atoms with van der Waals surface area (Å²) in [5, 5.41) is 26.3. The maximum absolute atomic E-state index is 14.1. The lowest BCUT2D eigenvalue weighted by Crippen LogP contribution is -2.58. The molecule has 4 rings (SSSR count). The van der Waals surface area contributed by atoms with Crippen molar-refractivity contribution >= 4 is 46.3 Å². The molecule has 1 aliphatic heterocycles. The Hall–Kier alpha value is -5.50. The predicted molar refractivity (Wildman–Crippen MR) is 200 cm³/mol. The third-order valence-corrected chi connectivity index (χ3v) is 9.14. The van der Waals surface area contributed by atoms with Crippen LogP contribution in [0.15, 0.2) is 66.7 Å². The first-order chi connectivity index (χ1) is 24.9. The minimum atomic E-state index is -1.10. The van der Waals surface area contributed by atoms with Gasteiger partial charge in [0, 0.05) is 26.4 Å². The average Bonchev–Trinajstić information content (AvgIpc) is 3.12. The van der Waals surface area contributed by atoms with E-state index in [1.54, 1.807) is 7.05 Å². The van der Waals surface area contributed by atoms with Crippen LogP contribution in [-0.2, 0) is 36.8 Å². The highest BCUT2D eigenvalue weighted by molar-refractivity contribution is 5.97. The highest BCUT2D eigenvalue weighted by atomic mass is 16.2. The summed E-state index contributed by atoms with van der Waals surface area (Å²) >= 11 is 0. The number of carbonyl (C=O) groups is 5. The second kappa shape index (κ2) is 19.2. The Bertz CT molecular complexity index is 1730. The van der Waals surface area contributed by atoms with Crippen LogP contribution in [0.1, 0.15) is 42.4 Å². The second-order valence-electron chi connectivity index (χ2n) is 13.2. The Kier molecular flexibility index (Phi) is 14.5. The van der Waals surface area contributed by atoms with E-state index >= 15 is 0 Å². The smallest absolute Gasteiger partial charge is 0.245 e. The molecule has 14 nitrogen and oxygen atoms in total. The van der Waals surface area contributed by atoms with Crippen molar-refractivity contribution in [1.82, 2.24) is 36.8 Å². The van der Waals surface area contributed by atoms with Gasteiger partial charge in [-0.05, 0) is 68.1 Å². The van der Waals surface area contributed by atoms with Crippen molar-refractivity contribution < 1.29 is 24.0 Å². The fourth-order valence-corrected chi connectivity index (χ4v) is 6.22. The lowest BCUT2D eigenvalue weighted by molar-refractivity contribution is -0.142. The normalized spacial score (nSPS) is 20.6. The Morgan fingerprint density at radius 1 is 0.788 bits per heavy atom. The Morgan fingerprint density at radius 2 is 1.44 bits per heavy atom. The van der Waals surface area contributed by atoms with E-state index in [0.29, 0.717) is 19.4 Å². The standard InChI is InChI=1S/C38H51N9O5/c1-24-12-14-25(15-13-24)21-31-37(52)47(3)32(11-7-18-41-2)36(51)45-29(10-6-19-42-38(39)40)35(50)46-30(34(49)43-23-33(48)44-31)22-26-16-17-27-8-4-5-9-28(27)20-26/h4-5,8-9,12-17,20,29-32,41H,6-7,10-11,18-19,21-23H2,1-3H3,(H,43,49)(H,44,48)(H,45,51)(H,46,50)(H4,39,40,42)/t29-,30-,31+,32+/m0/s1. The largest absolute Gasteiger partial charge is 0.370 e. The van der Waals surface area contributed by atoms with E-state index in [2.05, 4.69) is 31.9 Å². The van der Waals surface area contributed by atoms with Gasteiger partial charge in [-0.25, -0.2) is 0 Å². The monoisotopic (exact) mass is 713 g/mol. The van der Waals surface area contributed by atoms with E-state index in [9.17, 15) is 24.0 Å². The van der Waals surface area contributed by atoms with Crippen LogP contribution in [0, 0.1) is 12.3 Å². The number of benzene rings is 3. The van der Waals surface area contributed by atoms with Gasteiger partial charge in [0.15, 0.2) is 5.96 Å². The lowest BCUT2D eigenvalue weighted by Gasteiger charge is -2.32. The molecule has 1 heterocycles. The number of nitrogens with two attached hydrogens (primary N) is 1. The molecular weight excluding hydrogens is 662 g/mol. The van der Waals surface area contributed by atoms with Gasteiger partial charge < -0.3 is 42.5 Å². The highest BCUT2D eigenvalue weighted by Gasteiger charge is 2.35. The Labute approximate surface area is 304 Å². The first kappa shape index (κ1) is 39.3. The van der Waals surface area contributed by atoms with Gasteiger partial charge in [-0.3, -0.25) is 29.4 Å². The maximum Gasteiger partial charge on any atom is 0.245 e. The van der Waals surface area contributed by atoms with Gasteiger partial charge in [-0.1, -0.05) is 72.3 Å². The van der Waals surface area contributed by atoms with Crippen molar-refractivity contribution in [2.45, 2.75) is 69.6 Å². The molecule has 0 saturated carbocycles. The van der Waals surface area contributed by atoms with Crippen molar-refractivity contribution in [3.05, 3.63) is 83.4 Å². The summed E-state index contributed by atoms with van der Waals surface area (Å²) in [4.78, 5) is 70.6. The van der Waals surface area contributed by atoms with E-state index < -0.39 is 60.2 Å². The number of amides is 5. The van der Waals surface area contributed by atoms with Gasteiger partial charge in [-0.15, -0.1) is 0 Å². The van der Waals surface area contributed by atoms with E-state index in [1.165, 1.54) is 11.9 Å². The van der Waals surface area contributed by atoms with E-state index in [1.807, 2.05) is 73.7 Å². The predicted octanol–water partition coefficient (Wildman–Crippen LogP) is 0.607. The van der Waals surface area contributed by atoms with Crippen molar-refractivity contribution in [1.29, 1.82) is 5.41 Å². The van der Waals surface area contributed by atoms with E-state index in [-0.39, 0.29) is 38.2 Å². The molecule has 5 amide bonds. The molecular formula is C38H51N9O5. The molecule has 1 fully saturated rings. The minimum absolute atomic E-state index is 0.112. The molecule has 0 spiro atoms. The van der Waals surface area contributed by atoms with Gasteiger partial charge in [0.25, 0.3) is 0 Å². The van der Waals surface area contributed by atoms with Crippen LogP contribution in [0.2, 0.25) is 0 Å². The van der Waals surface area contributed by atoms with Gasteiger partial charge >= 0.3 is 0 Å². The number of nitrogens with zero attached hydrogens (tertiary/aromatic N) is 1. The number of hydrogen-bond donors (Lipinski definition) is 8. The first-order valence-electron chi connectivity index (χ1n) is 17.7. The Balaban J connectivity index is 1.69. The average molecular weight is 714 g/mol. The SMILES string of the molecule is CNCCC[C@@H]1C(=O)N[C@@H](CCCNC(=N)N)C(=O)N[C@@H](Cc2ccc3ccccc3c2)C(=O)NCC(=O)N[C@H](Cc2ccc(C)cc2)C(=O)N1C. The number of hydrogen-bond acceptors (Lipinski definition) is 7. The number of likely N-dealkylation sites (N-methyl/N-ethyl adjacent to an activating group) is 1. The van der Waals surface area contributed by atoms with Crippen LogP contribution in [0.25, 0.3) is 10.8 Å². The molecule has 278 valence electrons. The molecule has 0 aromatic heterocycles. The maximum atomic E-state index is 14.1. The van der Waals surface area contributed by atoms with E-state index in [0.717, 1.165) is 27.5 Å². The molecule has 3 aromatic rings. The van der Waals surface area contributed by atoms with Gasteiger partial charge in [0.1, 0.15) is 24.2 Å². The van der Waals surface area contributed by atoms with Gasteiger partial charge in [0.2, 0.25) is 29.5 Å². The fraction of sp³-hybridized carbons (Fsp3) is 0.421. The molecule has 9 N–H and O–H groups in total. The fourth-order valence-electron chi connectivity index (χ4n) is 6.22. The van der Waals surface area contributed by atoms with Crippen molar-refractivity contribution in [3.8, 4) is 0 Å². The van der Waals surface area contributed by atoms with Crippen LogP contribution in [0.4, 0.5) is 0 Å². The zero-order chi connectivity index (χ0) is 37.6. The molecule has 52 heavy (non-hydrogen) atoms. The van der Waals surface area contributed by atoms with Crippen molar-refractivity contribution in [2.24, 2.45) is 5.73 Å². The van der Waals surface area contributed by atoms with Crippen LogP contribution in [-0.4, -0.2) is 98.3 Å². The zero-order valence-corrected chi connectivity index (χ0v) is 30.1. The van der Waals surface area contributed by atoms with Crippen LogP contribution < -0.4 is 37.6 Å². The summed E-state index contributed by atoms with van der Waals surface area (Å²) in [7, 11) is 3.31. The molecule has 0 radical (unpaired) electrons. The van der Waals surface area contributed by atoms with E-state index in [4.69, 9.17) is 11.1 Å². The van der Waals surface area contributed by atoms with Crippen molar-refractivity contribution in [3.63, 3.8) is 0 Å². The number of aryl methyl sites for hydroxylation is 1. The second-order valence-corrected chi connectivity index (χ2v) is 13.2. The number of nitrogens with one attached hydrogen (secondary N) is 7. The molecule has 4 atom stereocenters. The molecule has 0 aliphatic carbocycles. The summed E-state index contributed by atoms with van der Waals surface area (Å²) in [6.45, 7) is 2.37. The third-order valence-electron chi connectivity index (χ3n) is 9.14. The highest BCUT2D eigenvalue weighted by Crippen LogP contribution is 2.18. The zero-order valence-electron chi connectivity index (χ0n) is 30.1. The molecule has 1 aliphatic rings. The number of rotatable bonds is 12. The number of guanidine groups is 1. The van der Waals surface area contributed by atoms with Crippen LogP contribution >= 0.6 is 0 Å². The first-order valence-corrected chi connectivity index (χ1v) is 17.7. The minimum Gasteiger partial charge on any atom is -0.370 e. The van der Waals surface area contributed by atoms with Gasteiger partial charge in [0.05, 0.1) is 6.54 Å². The Morgan fingerprint density at radius 3 is 2.15 bits per heavy atom. The molecule has 0 unspecified atom stereocenters. The van der Waals surface area contributed by atoms with Crippen LogP contribution in [0.5, 0.6) is 0 Å². The third kappa shape index (κ3) is 11.5. The summed E-state index contributed by atoms with van der Waals surface area (Å²) in [6.07, 6.45) is 1.61. The van der Waals surface area contributed by atoms with Crippen molar-refractivity contribution in [2.75, 3.05) is 33.7 Å². The van der Waals surface area contributed by atoms with Gasteiger partial charge in [-0.2, -0.15) is 0 Å². The molecule has 3 aromatic carbocycles. The number of fused-ring (bicyclic) bond motifs is 1. The summed E-state index contributed by atoms with van der Waals surface area (Å²) in [6, 6.07) is 16.9. The number of carbonyl (C=O) groups excluding carboxylic acids is 5. The quantitative estimate of drug-likeness (QED) is 0.0756. The molecule has 1 saturated heterocycles. The summed E-state index contributed by atoms with van der Waals surface area (Å²) in [5.74, 6) is -3.05. The summed E-state index contributed by atoms with van der Waals surface area (Å²) < 4.78 is 0. The summed E-state index contributed by atoms with van der Waals surface area (Å²) in [5.41, 5.74) is 8.07. The molecule has 14 heteroatoms. The van der Waals surface area contributed by atoms with Crippen LogP contribution in [0.3, 0.4) is 0 Å².